The van der Waals surface area contributed by atoms with Crippen molar-refractivity contribution in [2.24, 2.45) is 0 Å². The second-order valence-corrected chi connectivity index (χ2v) is 3.54. The monoisotopic (exact) mass is 287 g/mol. The molecule has 15 heavy (non-hydrogen) atoms. The first-order valence-electron chi connectivity index (χ1n) is 3.84. The third-order valence-corrected chi connectivity index (χ3v) is 1.97. The first-order valence-corrected chi connectivity index (χ1v) is 4.63. The maximum atomic E-state index is 12.8. The highest BCUT2D eigenvalue weighted by Crippen LogP contribution is 2.16. The van der Waals surface area contributed by atoms with Gasteiger partial charge in [0.2, 0.25) is 5.95 Å². The summed E-state index contributed by atoms with van der Waals surface area (Å²) in [7, 11) is 0. The molecule has 0 spiro atoms. The van der Waals surface area contributed by atoms with Gasteiger partial charge < -0.3 is 4.74 Å². The molecule has 0 bridgehead atoms. The lowest BCUT2D eigenvalue weighted by molar-refractivity contribution is -0.176. The Morgan fingerprint density at radius 3 is 2.53 bits per heavy atom. The van der Waals surface area contributed by atoms with Gasteiger partial charge in [-0.05, 0) is 28.1 Å². The number of rotatable bonds is 3. The van der Waals surface area contributed by atoms with E-state index in [1.54, 1.807) is 0 Å². The van der Waals surface area contributed by atoms with Crippen LogP contribution in [0.4, 0.5) is 17.6 Å². The van der Waals surface area contributed by atoms with Crippen molar-refractivity contribution in [2.75, 3.05) is 6.61 Å². The predicted octanol–water partition coefficient (Wildman–Crippen LogP) is 3.06. The molecule has 0 saturated heterocycles. The summed E-state index contributed by atoms with van der Waals surface area (Å²) in [6.07, 6.45) is -4.38. The Bertz CT molecular complexity index is 342. The molecule has 0 aliphatic rings. The zero-order chi connectivity index (χ0) is 11.5. The van der Waals surface area contributed by atoms with Crippen LogP contribution in [0.3, 0.4) is 0 Å². The predicted molar refractivity (Wildman–Crippen MR) is 47.6 cm³/mol. The van der Waals surface area contributed by atoms with E-state index in [1.807, 2.05) is 0 Å². The fourth-order valence-corrected chi connectivity index (χ4v) is 1.03. The summed E-state index contributed by atoms with van der Waals surface area (Å²) in [5, 5.41) is 0. The van der Waals surface area contributed by atoms with Gasteiger partial charge in [-0.1, -0.05) is 0 Å². The van der Waals surface area contributed by atoms with Crippen molar-refractivity contribution < 1.29 is 22.3 Å². The van der Waals surface area contributed by atoms with Gasteiger partial charge in [0, 0.05) is 0 Å². The van der Waals surface area contributed by atoms with Crippen molar-refractivity contribution in [1.82, 2.24) is 4.98 Å². The van der Waals surface area contributed by atoms with Crippen LogP contribution in [0.5, 0.6) is 0 Å². The molecule has 0 saturated carbocycles. The Balaban J connectivity index is 2.48. The molecular weight excluding hydrogens is 282 g/mol. The van der Waals surface area contributed by atoms with E-state index in [1.165, 1.54) is 12.1 Å². The second-order valence-electron chi connectivity index (χ2n) is 2.68. The molecule has 2 nitrogen and oxygen atoms in total. The molecular formula is C8H6BrF4NO. The van der Waals surface area contributed by atoms with E-state index in [0.29, 0.717) is 0 Å². The van der Waals surface area contributed by atoms with Gasteiger partial charge >= 0.3 is 6.18 Å². The topological polar surface area (TPSA) is 22.1 Å². The lowest BCUT2D eigenvalue weighted by Gasteiger charge is -2.07. The van der Waals surface area contributed by atoms with Crippen molar-refractivity contribution in [1.29, 1.82) is 0 Å². The zero-order valence-electron chi connectivity index (χ0n) is 7.31. The molecule has 0 fully saturated rings. The molecule has 0 radical (unpaired) electrons. The molecule has 0 amide bonds. The van der Waals surface area contributed by atoms with Crippen molar-refractivity contribution in [3.8, 4) is 0 Å². The van der Waals surface area contributed by atoms with Gasteiger partial charge in [-0.25, -0.2) is 4.98 Å². The number of aromatic nitrogens is 1. The number of ether oxygens (including phenoxy) is 1. The number of hydrogen-bond acceptors (Lipinski definition) is 2. The Morgan fingerprint density at radius 2 is 2.00 bits per heavy atom. The number of nitrogens with zero attached hydrogens (tertiary/aromatic N) is 1. The Labute approximate surface area is 91.4 Å². The van der Waals surface area contributed by atoms with Crippen LogP contribution in [-0.4, -0.2) is 17.8 Å². The van der Waals surface area contributed by atoms with Crippen LogP contribution in [0.2, 0.25) is 0 Å². The minimum atomic E-state index is -4.38. The van der Waals surface area contributed by atoms with E-state index >= 15 is 0 Å². The number of alkyl halides is 3. The quantitative estimate of drug-likeness (QED) is 0.630. The highest BCUT2D eigenvalue weighted by molar-refractivity contribution is 9.10. The van der Waals surface area contributed by atoms with E-state index in [0.717, 1.165) is 0 Å². The molecule has 1 heterocycles. The van der Waals surface area contributed by atoms with Crippen LogP contribution >= 0.6 is 15.9 Å². The van der Waals surface area contributed by atoms with Crippen LogP contribution in [0.1, 0.15) is 5.69 Å². The molecule has 0 unspecified atom stereocenters. The average Bonchev–Trinajstić information content (AvgIpc) is 2.09. The largest absolute Gasteiger partial charge is 0.411 e. The molecule has 1 aromatic rings. The molecule has 1 aromatic heterocycles. The zero-order valence-corrected chi connectivity index (χ0v) is 8.90. The van der Waals surface area contributed by atoms with E-state index in [-0.39, 0.29) is 16.8 Å². The van der Waals surface area contributed by atoms with Crippen LogP contribution < -0.4 is 0 Å². The van der Waals surface area contributed by atoms with E-state index < -0.39 is 18.7 Å². The highest BCUT2D eigenvalue weighted by Gasteiger charge is 2.27. The highest BCUT2D eigenvalue weighted by atomic mass is 79.9. The van der Waals surface area contributed by atoms with Gasteiger partial charge in [0.05, 0.1) is 16.8 Å². The van der Waals surface area contributed by atoms with Crippen molar-refractivity contribution in [2.45, 2.75) is 12.8 Å². The standard InChI is InChI=1S/C8H6BrF4NO/c9-6-2-1-5(14-7(6)10)3-15-4-8(11,12)13/h1-2H,3-4H2. The van der Waals surface area contributed by atoms with E-state index in [4.69, 9.17) is 0 Å². The Kier molecular flexibility index (Phi) is 4.04. The summed E-state index contributed by atoms with van der Waals surface area (Å²) in [6, 6.07) is 2.73. The molecule has 0 N–H and O–H groups in total. The van der Waals surface area contributed by atoms with Crippen LogP contribution in [0.15, 0.2) is 16.6 Å². The van der Waals surface area contributed by atoms with Gasteiger partial charge in [0.15, 0.2) is 0 Å². The third-order valence-electron chi connectivity index (χ3n) is 1.38. The average molecular weight is 288 g/mol. The summed E-state index contributed by atoms with van der Waals surface area (Å²) >= 11 is 2.87. The summed E-state index contributed by atoms with van der Waals surface area (Å²) in [5.41, 5.74) is 0.111. The number of pyridine rings is 1. The molecule has 0 atom stereocenters. The van der Waals surface area contributed by atoms with Crippen LogP contribution in [0, 0.1) is 5.95 Å². The van der Waals surface area contributed by atoms with Gasteiger partial charge in [-0.3, -0.25) is 0 Å². The summed E-state index contributed by atoms with van der Waals surface area (Å²) in [5.74, 6) is -0.775. The van der Waals surface area contributed by atoms with Crippen molar-refractivity contribution in [3.63, 3.8) is 0 Å². The first-order chi connectivity index (χ1) is 6.88. The number of hydrogen-bond donors (Lipinski definition) is 0. The molecule has 1 rings (SSSR count). The first kappa shape index (κ1) is 12.4. The third kappa shape index (κ3) is 4.57. The second kappa shape index (κ2) is 4.89. The molecule has 0 aliphatic carbocycles. The van der Waals surface area contributed by atoms with Gasteiger partial charge in [-0.2, -0.15) is 17.6 Å². The van der Waals surface area contributed by atoms with Gasteiger partial charge in [0.1, 0.15) is 6.61 Å². The molecule has 7 heteroatoms. The normalized spacial score (nSPS) is 11.8. The molecule has 0 aliphatic heterocycles. The van der Waals surface area contributed by atoms with Crippen molar-refractivity contribution in [3.05, 3.63) is 28.2 Å². The summed E-state index contributed by atoms with van der Waals surface area (Å²) < 4.78 is 52.3. The smallest absolute Gasteiger partial charge is 0.366 e. The lowest BCUT2D eigenvalue weighted by Crippen LogP contribution is -2.17. The SMILES string of the molecule is Fc1nc(COCC(F)(F)F)ccc1Br. The maximum Gasteiger partial charge on any atom is 0.411 e. The van der Waals surface area contributed by atoms with Crippen LogP contribution in [0.25, 0.3) is 0 Å². The number of halogens is 5. The lowest BCUT2D eigenvalue weighted by atomic mass is 10.4. The Hall–Kier alpha value is -0.690. The maximum absolute atomic E-state index is 12.8. The van der Waals surface area contributed by atoms with Gasteiger partial charge in [0.25, 0.3) is 0 Å². The summed E-state index contributed by atoms with van der Waals surface area (Å²) in [4.78, 5) is 3.39. The fourth-order valence-electron chi connectivity index (χ4n) is 0.807. The fraction of sp³-hybridized carbons (Fsp3) is 0.375. The molecule has 84 valence electrons. The van der Waals surface area contributed by atoms with Gasteiger partial charge in [-0.15, -0.1) is 0 Å². The van der Waals surface area contributed by atoms with Crippen molar-refractivity contribution >= 4 is 15.9 Å². The van der Waals surface area contributed by atoms with E-state index in [2.05, 4.69) is 25.7 Å². The summed E-state index contributed by atoms with van der Waals surface area (Å²) in [6.45, 7) is -1.74. The van der Waals surface area contributed by atoms with E-state index in [9.17, 15) is 17.6 Å². The molecule has 0 aromatic carbocycles. The minimum Gasteiger partial charge on any atom is -0.366 e. The minimum absolute atomic E-state index is 0.111. The Morgan fingerprint density at radius 1 is 1.33 bits per heavy atom. The van der Waals surface area contributed by atoms with Crippen LogP contribution in [-0.2, 0) is 11.3 Å².